The van der Waals surface area contributed by atoms with Crippen LogP contribution in [0.3, 0.4) is 0 Å². The molecule has 0 aromatic heterocycles. The molecule has 0 radical (unpaired) electrons. The largest absolute Gasteiger partial charge is 0.315 e. The van der Waals surface area contributed by atoms with Crippen molar-refractivity contribution in [1.82, 2.24) is 5.32 Å². The maximum Gasteiger partial charge on any atom is 0.227 e. The number of hydrogen-bond acceptors (Lipinski definition) is 3. The highest BCUT2D eigenvalue weighted by atomic mass is 16.2. The molecule has 0 saturated heterocycles. The van der Waals surface area contributed by atoms with Crippen LogP contribution in [0.25, 0.3) is 0 Å². The molecule has 0 aliphatic carbocycles. The molecule has 0 saturated carbocycles. The summed E-state index contributed by atoms with van der Waals surface area (Å²) in [5, 5.41) is 3.01. The van der Waals surface area contributed by atoms with Gasteiger partial charge in [0.05, 0.1) is 6.17 Å². The zero-order valence-electron chi connectivity index (χ0n) is 9.66. The minimum absolute atomic E-state index is 0.145. The zero-order valence-corrected chi connectivity index (χ0v) is 9.66. The minimum atomic E-state index is -0.145. The van der Waals surface area contributed by atoms with Crippen LogP contribution >= 0.6 is 0 Å². The van der Waals surface area contributed by atoms with E-state index in [1.165, 1.54) is 5.56 Å². The van der Waals surface area contributed by atoms with Crippen LogP contribution in [0.5, 0.6) is 0 Å². The molecule has 0 fully saturated rings. The molecule has 0 spiro atoms. The number of nitrogens with zero attached hydrogens (tertiary/aromatic N) is 1. The predicted molar refractivity (Wildman–Crippen MR) is 64.2 cm³/mol. The van der Waals surface area contributed by atoms with E-state index in [1.54, 1.807) is 4.90 Å². The van der Waals surface area contributed by atoms with Gasteiger partial charge in [-0.05, 0) is 30.7 Å². The van der Waals surface area contributed by atoms with Crippen LogP contribution in [-0.4, -0.2) is 20.0 Å². The molecular formula is C12H17N3O. The quantitative estimate of drug-likeness (QED) is 0.722. The number of carbonyl (C=O) groups excluding carboxylic acids is 1. The molecule has 1 aromatic rings. The van der Waals surface area contributed by atoms with Crippen molar-refractivity contribution in [3.05, 3.63) is 29.3 Å². The summed E-state index contributed by atoms with van der Waals surface area (Å²) in [4.78, 5) is 13.2. The number of carbonyl (C=O) groups is 1. The van der Waals surface area contributed by atoms with Crippen molar-refractivity contribution >= 4 is 11.6 Å². The van der Waals surface area contributed by atoms with E-state index in [0.29, 0.717) is 6.42 Å². The van der Waals surface area contributed by atoms with Gasteiger partial charge in [0.15, 0.2) is 0 Å². The van der Waals surface area contributed by atoms with E-state index in [9.17, 15) is 4.79 Å². The van der Waals surface area contributed by atoms with E-state index < -0.39 is 0 Å². The van der Waals surface area contributed by atoms with Crippen LogP contribution in [0.2, 0.25) is 0 Å². The lowest BCUT2D eigenvalue weighted by molar-refractivity contribution is -0.118. The number of hydrogen-bond donors (Lipinski definition) is 2. The van der Waals surface area contributed by atoms with E-state index in [4.69, 9.17) is 5.73 Å². The summed E-state index contributed by atoms with van der Waals surface area (Å²) in [5.74, 6) is 0.179. The first-order valence-electron chi connectivity index (χ1n) is 5.45. The summed E-state index contributed by atoms with van der Waals surface area (Å²) in [6.45, 7) is 0. The number of aryl methyl sites for hydroxylation is 1. The molecule has 1 heterocycles. The standard InChI is InChI=1S/C12H17N3O/c1-14-12(13)9-3-5-10-8(7-9)4-6-11(16)15(10)2/h3,5,7,12,14H,4,6,13H2,1-2H3. The van der Waals surface area contributed by atoms with Crippen molar-refractivity contribution in [3.8, 4) is 0 Å². The zero-order chi connectivity index (χ0) is 11.7. The van der Waals surface area contributed by atoms with Gasteiger partial charge in [-0.2, -0.15) is 0 Å². The summed E-state index contributed by atoms with van der Waals surface area (Å²) in [6, 6.07) is 6.02. The van der Waals surface area contributed by atoms with Gasteiger partial charge in [-0.1, -0.05) is 12.1 Å². The van der Waals surface area contributed by atoms with E-state index in [-0.39, 0.29) is 12.1 Å². The fourth-order valence-corrected chi connectivity index (χ4v) is 2.04. The lowest BCUT2D eigenvalue weighted by atomic mass is 9.98. The number of nitrogens with one attached hydrogen (secondary N) is 1. The van der Waals surface area contributed by atoms with Crippen LogP contribution in [0, 0.1) is 0 Å². The highest BCUT2D eigenvalue weighted by Crippen LogP contribution is 2.28. The molecule has 2 rings (SSSR count). The molecule has 0 bridgehead atoms. The number of amides is 1. The highest BCUT2D eigenvalue weighted by Gasteiger charge is 2.21. The number of anilines is 1. The molecule has 1 unspecified atom stereocenters. The molecule has 4 heteroatoms. The van der Waals surface area contributed by atoms with Crippen molar-refractivity contribution < 1.29 is 4.79 Å². The monoisotopic (exact) mass is 219 g/mol. The summed E-state index contributed by atoms with van der Waals surface area (Å²) >= 11 is 0. The Hall–Kier alpha value is -1.39. The Kier molecular flexibility index (Phi) is 2.94. The summed E-state index contributed by atoms with van der Waals surface area (Å²) in [6.07, 6.45) is 1.25. The first-order chi connectivity index (χ1) is 7.63. The molecule has 86 valence electrons. The normalized spacial score (nSPS) is 17.2. The number of rotatable bonds is 2. The van der Waals surface area contributed by atoms with Gasteiger partial charge in [0.1, 0.15) is 0 Å². The van der Waals surface area contributed by atoms with E-state index >= 15 is 0 Å². The molecule has 1 aliphatic heterocycles. The minimum Gasteiger partial charge on any atom is -0.315 e. The van der Waals surface area contributed by atoms with Gasteiger partial charge in [-0.15, -0.1) is 0 Å². The second-order valence-electron chi connectivity index (χ2n) is 4.11. The summed E-state index contributed by atoms with van der Waals surface area (Å²) in [5.41, 5.74) is 9.16. The maximum absolute atomic E-state index is 11.5. The third-order valence-corrected chi connectivity index (χ3v) is 3.12. The van der Waals surface area contributed by atoms with Crippen molar-refractivity contribution in [2.75, 3.05) is 19.0 Å². The topological polar surface area (TPSA) is 58.4 Å². The third-order valence-electron chi connectivity index (χ3n) is 3.12. The Morgan fingerprint density at radius 3 is 2.88 bits per heavy atom. The van der Waals surface area contributed by atoms with E-state index in [0.717, 1.165) is 17.7 Å². The Balaban J connectivity index is 2.37. The average Bonchev–Trinajstić information content (AvgIpc) is 2.32. The van der Waals surface area contributed by atoms with Crippen molar-refractivity contribution in [3.63, 3.8) is 0 Å². The van der Waals surface area contributed by atoms with Gasteiger partial charge in [-0.25, -0.2) is 0 Å². The molecule has 1 amide bonds. The van der Waals surface area contributed by atoms with Crippen molar-refractivity contribution in [2.45, 2.75) is 19.0 Å². The average molecular weight is 219 g/mol. The third kappa shape index (κ3) is 1.81. The van der Waals surface area contributed by atoms with E-state index in [2.05, 4.69) is 11.4 Å². The first-order valence-corrected chi connectivity index (χ1v) is 5.45. The molecule has 1 aliphatic rings. The molecule has 3 N–H and O–H groups in total. The fraction of sp³-hybridized carbons (Fsp3) is 0.417. The fourth-order valence-electron chi connectivity index (χ4n) is 2.04. The first kappa shape index (κ1) is 11.1. The Morgan fingerprint density at radius 2 is 2.19 bits per heavy atom. The lowest BCUT2D eigenvalue weighted by Crippen LogP contribution is -2.31. The Morgan fingerprint density at radius 1 is 1.44 bits per heavy atom. The lowest BCUT2D eigenvalue weighted by Gasteiger charge is -2.26. The van der Waals surface area contributed by atoms with Gasteiger partial charge in [0.2, 0.25) is 5.91 Å². The second kappa shape index (κ2) is 4.23. The van der Waals surface area contributed by atoms with Crippen LogP contribution in [0.1, 0.15) is 23.7 Å². The molecule has 4 nitrogen and oxygen atoms in total. The van der Waals surface area contributed by atoms with Crippen LogP contribution in [0.4, 0.5) is 5.69 Å². The van der Waals surface area contributed by atoms with Gasteiger partial charge in [-0.3, -0.25) is 4.79 Å². The number of nitrogens with two attached hydrogens (primary N) is 1. The predicted octanol–water partition coefficient (Wildman–Crippen LogP) is 0.772. The molecule has 1 atom stereocenters. The Bertz CT molecular complexity index is 417. The van der Waals surface area contributed by atoms with Gasteiger partial charge in [0, 0.05) is 19.2 Å². The summed E-state index contributed by atoms with van der Waals surface area (Å²) < 4.78 is 0. The van der Waals surface area contributed by atoms with Crippen LogP contribution in [-0.2, 0) is 11.2 Å². The van der Waals surface area contributed by atoms with Gasteiger partial charge in [0.25, 0.3) is 0 Å². The SMILES string of the molecule is CNC(N)c1ccc2c(c1)CCC(=O)N2C. The van der Waals surface area contributed by atoms with Crippen LogP contribution in [0.15, 0.2) is 18.2 Å². The van der Waals surface area contributed by atoms with Crippen molar-refractivity contribution in [2.24, 2.45) is 5.73 Å². The van der Waals surface area contributed by atoms with Crippen molar-refractivity contribution in [1.29, 1.82) is 0 Å². The smallest absolute Gasteiger partial charge is 0.227 e. The molecule has 1 aromatic carbocycles. The maximum atomic E-state index is 11.5. The van der Waals surface area contributed by atoms with E-state index in [1.807, 2.05) is 26.2 Å². The molecule has 16 heavy (non-hydrogen) atoms. The second-order valence-corrected chi connectivity index (χ2v) is 4.11. The summed E-state index contributed by atoms with van der Waals surface area (Å²) in [7, 11) is 3.65. The number of fused-ring (bicyclic) bond motifs is 1. The Labute approximate surface area is 95.4 Å². The van der Waals surface area contributed by atoms with Crippen LogP contribution < -0.4 is 16.0 Å². The van der Waals surface area contributed by atoms with Gasteiger partial charge < -0.3 is 16.0 Å². The number of benzene rings is 1. The van der Waals surface area contributed by atoms with Gasteiger partial charge >= 0.3 is 0 Å². The highest BCUT2D eigenvalue weighted by molar-refractivity contribution is 5.95. The molecular weight excluding hydrogens is 202 g/mol.